The molecule has 2 aliphatic rings. The van der Waals surface area contributed by atoms with Crippen LogP contribution in [0.4, 0.5) is 17.1 Å². The minimum absolute atomic E-state index is 0.0360. The summed E-state index contributed by atoms with van der Waals surface area (Å²) in [5, 5.41) is 10.6. The minimum Gasteiger partial charge on any atom is -0.311 e. The van der Waals surface area contributed by atoms with E-state index in [2.05, 4.69) is 432 Å². The first-order valence-corrected chi connectivity index (χ1v) is 41.5. The maximum Gasteiger partial charge on any atom is 0.249 e. The van der Waals surface area contributed by atoms with Gasteiger partial charge in [-0.3, -0.25) is 0 Å². The molecule has 0 aromatic heterocycles. The molecule has 2 aliphatic heterocycles. The lowest BCUT2D eigenvalue weighted by Crippen LogP contribution is -2.78. The number of benzene rings is 16. The third-order valence-corrected chi connectivity index (χ3v) is 32.5. The van der Waals surface area contributed by atoms with Crippen LogP contribution in [0.2, 0.25) is 0 Å². The highest BCUT2D eigenvalue weighted by molar-refractivity contribution is 8.00. The topological polar surface area (TPSA) is 3.24 Å². The van der Waals surface area contributed by atoms with Gasteiger partial charge in [0.25, 0.3) is 0 Å². The molecule has 2 heterocycles. The van der Waals surface area contributed by atoms with Crippen LogP contribution in [0.5, 0.6) is 0 Å². The molecule has 0 fully saturated rings. The molecule has 16 aromatic rings. The molecule has 498 valence electrons. The van der Waals surface area contributed by atoms with E-state index in [0.29, 0.717) is 0 Å². The lowest BCUT2D eigenvalue weighted by Gasteiger charge is -2.41. The monoisotopic (exact) mass is 1390 g/mol. The summed E-state index contributed by atoms with van der Waals surface area (Å²) in [4.78, 5) is 5.18. The van der Waals surface area contributed by atoms with Crippen LogP contribution < -0.4 is 62.8 Å². The van der Waals surface area contributed by atoms with E-state index in [9.17, 15) is 0 Å². The van der Waals surface area contributed by atoms with Gasteiger partial charge in [0, 0.05) is 26.7 Å². The van der Waals surface area contributed by atoms with Crippen molar-refractivity contribution in [2.45, 2.75) is 36.0 Å². The zero-order chi connectivity index (χ0) is 70.5. The van der Waals surface area contributed by atoms with Crippen molar-refractivity contribution in [3.63, 3.8) is 0 Å². The first-order valence-electron chi connectivity index (χ1n) is 36.6. The number of rotatable bonds is 15. The van der Waals surface area contributed by atoms with Crippen molar-refractivity contribution in [3.05, 3.63) is 412 Å². The molecule has 0 amide bonds. The standard InChI is InChI=1S/C100H76BNSSi2/c1-100(2,3)82-44-30-41-75(61-82)81-68-96-99-98(69-81)103-97-60-58-78(73-37-16-6-17-38-73)67-93(97)101(99)92-66-79(57-59-95(92)102(96)94-56-29-28-55-91(94)74-39-18-7-19-40-74)80-64-89(104(83-45-20-8-21-46-83,84-47-22-9-23-48-84)87-53-31-42-76(62-87)71-33-12-4-13-34-71)70-90(65-80)105(85-49-24-10-25-50-85,86-51-26-11-27-52-86)88-54-32-43-77(63-88)72-35-14-5-15-36-72/h4-70H,1-3H3. The second kappa shape index (κ2) is 27.4. The van der Waals surface area contributed by atoms with Gasteiger partial charge < -0.3 is 4.90 Å². The van der Waals surface area contributed by atoms with Crippen LogP contribution in [0, 0.1) is 0 Å². The van der Waals surface area contributed by atoms with Crippen molar-refractivity contribution in [1.82, 2.24) is 0 Å². The van der Waals surface area contributed by atoms with E-state index in [1.165, 1.54) is 140 Å². The van der Waals surface area contributed by atoms with Crippen molar-refractivity contribution in [2.24, 2.45) is 0 Å². The van der Waals surface area contributed by atoms with Crippen molar-refractivity contribution < 1.29 is 0 Å². The fraction of sp³-hybridized carbons (Fsp3) is 0.0400. The third-order valence-electron chi connectivity index (χ3n) is 21.9. The van der Waals surface area contributed by atoms with Gasteiger partial charge in [-0.05, 0) is 155 Å². The average molecular weight is 1390 g/mol. The first kappa shape index (κ1) is 65.2. The van der Waals surface area contributed by atoms with E-state index in [4.69, 9.17) is 0 Å². The number of nitrogens with zero attached hydrogens (tertiary/aromatic N) is 1. The summed E-state index contributed by atoms with van der Waals surface area (Å²) in [5.41, 5.74) is 23.0. The highest BCUT2D eigenvalue weighted by Gasteiger charge is 2.48. The highest BCUT2D eigenvalue weighted by atomic mass is 32.2. The van der Waals surface area contributed by atoms with E-state index in [0.717, 1.165) is 16.9 Å². The summed E-state index contributed by atoms with van der Waals surface area (Å²) >= 11 is 1.92. The largest absolute Gasteiger partial charge is 0.311 e. The number of hydrogen-bond donors (Lipinski definition) is 0. The molecule has 0 bridgehead atoms. The number of para-hydroxylation sites is 1. The van der Waals surface area contributed by atoms with Crippen LogP contribution in [0.25, 0.3) is 66.8 Å². The Kier molecular flexibility index (Phi) is 17.0. The van der Waals surface area contributed by atoms with Crippen molar-refractivity contribution in [2.75, 3.05) is 4.90 Å². The zero-order valence-electron chi connectivity index (χ0n) is 59.1. The SMILES string of the molecule is CC(C)(C)c1cccc(-c2cc3c4c(c2)N(c2ccccc2-c2ccccc2)c2ccc(-c5cc([Si](c6ccccc6)(c6ccccc6)c6cccc(-c7ccccc7)c6)cc([Si](c6ccccc6)(c6ccccc6)c6cccc(-c7ccccc7)c6)c5)cc2B4c2cc(-c4ccccc4)ccc2S3)c1. The molecule has 16 aromatic carbocycles. The fourth-order valence-corrected chi connectivity index (χ4v) is 28.0. The van der Waals surface area contributed by atoms with Crippen LogP contribution in [0.1, 0.15) is 26.3 Å². The van der Waals surface area contributed by atoms with E-state index in [-0.39, 0.29) is 12.1 Å². The molecule has 0 saturated heterocycles. The normalized spacial score (nSPS) is 12.4. The Morgan fingerprint density at radius 3 is 1.10 bits per heavy atom. The maximum absolute atomic E-state index is 3.42. The third kappa shape index (κ3) is 11.7. The molecule has 0 aliphatic carbocycles. The molecular weight excluding hydrogens is 1310 g/mol. The quantitative estimate of drug-likeness (QED) is 0.0743. The van der Waals surface area contributed by atoms with Crippen LogP contribution in [-0.2, 0) is 5.41 Å². The van der Waals surface area contributed by atoms with Crippen LogP contribution in [0.3, 0.4) is 0 Å². The fourth-order valence-electron chi connectivity index (χ4n) is 17.0. The average Bonchev–Trinajstić information content (AvgIpc) is 0.703. The van der Waals surface area contributed by atoms with Gasteiger partial charge in [-0.2, -0.15) is 0 Å². The van der Waals surface area contributed by atoms with E-state index < -0.39 is 16.1 Å². The van der Waals surface area contributed by atoms with Crippen LogP contribution in [-0.4, -0.2) is 22.9 Å². The van der Waals surface area contributed by atoms with E-state index in [1.807, 2.05) is 11.8 Å². The number of anilines is 3. The van der Waals surface area contributed by atoms with Crippen molar-refractivity contribution in [3.8, 4) is 66.8 Å². The Morgan fingerprint density at radius 1 is 0.238 bits per heavy atom. The van der Waals surface area contributed by atoms with Gasteiger partial charge in [0.05, 0.1) is 5.69 Å². The molecule has 105 heavy (non-hydrogen) atoms. The van der Waals surface area contributed by atoms with E-state index in [1.54, 1.807) is 0 Å². The predicted molar refractivity (Wildman–Crippen MR) is 455 cm³/mol. The lowest BCUT2D eigenvalue weighted by molar-refractivity contribution is 0.590. The molecule has 5 heteroatoms. The first-order chi connectivity index (χ1) is 51.7. The van der Waals surface area contributed by atoms with Crippen LogP contribution in [0.15, 0.2) is 416 Å². The highest BCUT2D eigenvalue weighted by Crippen LogP contribution is 2.48. The zero-order valence-corrected chi connectivity index (χ0v) is 61.9. The molecule has 0 unspecified atom stereocenters. The smallest absolute Gasteiger partial charge is 0.249 e. The Hall–Kier alpha value is -11.8. The summed E-state index contributed by atoms with van der Waals surface area (Å²) in [6.45, 7) is 6.81. The van der Waals surface area contributed by atoms with Gasteiger partial charge in [-0.15, -0.1) is 0 Å². The summed E-state index contributed by atoms with van der Waals surface area (Å²) in [6.07, 6.45) is 0. The van der Waals surface area contributed by atoms with Gasteiger partial charge in [0.2, 0.25) is 6.71 Å². The minimum atomic E-state index is -3.42. The number of hydrogen-bond acceptors (Lipinski definition) is 2. The lowest BCUT2D eigenvalue weighted by atomic mass is 9.34. The van der Waals surface area contributed by atoms with Crippen molar-refractivity contribution in [1.29, 1.82) is 0 Å². The Bertz CT molecular complexity index is 5580. The van der Waals surface area contributed by atoms with Gasteiger partial charge in [-0.25, -0.2) is 0 Å². The Morgan fingerprint density at radius 2 is 0.610 bits per heavy atom. The Labute approximate surface area is 624 Å². The molecular formula is C100H76BNSSi2. The summed E-state index contributed by atoms with van der Waals surface area (Å²) in [6, 6.07) is 156. The molecule has 0 spiro atoms. The Balaban J connectivity index is 0.976. The second-order valence-electron chi connectivity index (χ2n) is 29.0. The van der Waals surface area contributed by atoms with Gasteiger partial charge >= 0.3 is 0 Å². The van der Waals surface area contributed by atoms with E-state index >= 15 is 0 Å². The summed E-state index contributed by atoms with van der Waals surface area (Å²) < 4.78 is 0. The molecule has 0 atom stereocenters. The van der Waals surface area contributed by atoms with Gasteiger partial charge in [-0.1, -0.05) is 414 Å². The molecule has 0 radical (unpaired) electrons. The summed E-state index contributed by atoms with van der Waals surface area (Å²) in [7, 11) is -6.83. The number of fused-ring (bicyclic) bond motifs is 4. The van der Waals surface area contributed by atoms with Gasteiger partial charge in [0.1, 0.15) is 0 Å². The molecule has 0 saturated carbocycles. The molecule has 18 rings (SSSR count). The van der Waals surface area contributed by atoms with Crippen molar-refractivity contribution >= 4 is 110 Å². The second-order valence-corrected chi connectivity index (χ2v) is 37.7. The van der Waals surface area contributed by atoms with Gasteiger partial charge in [0.15, 0.2) is 16.1 Å². The molecule has 0 N–H and O–H groups in total. The summed E-state index contributed by atoms with van der Waals surface area (Å²) in [5.74, 6) is 0. The predicted octanol–water partition coefficient (Wildman–Crippen LogP) is 18.5. The molecule has 1 nitrogen and oxygen atoms in total. The van der Waals surface area contributed by atoms with Crippen LogP contribution >= 0.6 is 11.8 Å². The maximum atomic E-state index is 2.71.